The molecule has 84 valence electrons. The first-order valence-electron chi connectivity index (χ1n) is 4.84. The number of rotatable bonds is 6. The summed E-state index contributed by atoms with van der Waals surface area (Å²) in [6.07, 6.45) is 1.42. The highest BCUT2D eigenvalue weighted by molar-refractivity contribution is 5.46. The van der Waals surface area contributed by atoms with E-state index in [0.717, 1.165) is 6.54 Å². The van der Waals surface area contributed by atoms with E-state index in [-0.39, 0.29) is 13.2 Å². The van der Waals surface area contributed by atoms with Crippen molar-refractivity contribution in [1.29, 1.82) is 0 Å². The van der Waals surface area contributed by atoms with E-state index in [9.17, 15) is 0 Å². The summed E-state index contributed by atoms with van der Waals surface area (Å²) in [5.74, 6) is 1.29. The molecule has 0 radical (unpaired) electrons. The summed E-state index contributed by atoms with van der Waals surface area (Å²) in [7, 11) is 0. The van der Waals surface area contributed by atoms with E-state index < -0.39 is 6.04 Å². The van der Waals surface area contributed by atoms with Crippen molar-refractivity contribution < 1.29 is 10.2 Å². The molecule has 0 saturated heterocycles. The molecule has 4 N–H and O–H groups in total. The molecule has 1 rings (SSSR count). The van der Waals surface area contributed by atoms with Crippen LogP contribution in [0, 0.1) is 0 Å². The smallest absolute Gasteiger partial charge is 0.131 e. The normalized spacial score (nSPS) is 10.4. The summed E-state index contributed by atoms with van der Waals surface area (Å²) in [6.45, 7) is 2.47. The van der Waals surface area contributed by atoms with Crippen LogP contribution < -0.4 is 10.6 Å². The Morgan fingerprint density at radius 3 is 2.53 bits per heavy atom. The fraction of sp³-hybridized carbons (Fsp3) is 0.556. The van der Waals surface area contributed by atoms with Gasteiger partial charge in [0.1, 0.15) is 18.0 Å². The van der Waals surface area contributed by atoms with Crippen LogP contribution in [0.25, 0.3) is 0 Å². The Hall–Kier alpha value is -1.40. The Morgan fingerprint density at radius 2 is 1.93 bits per heavy atom. The molecular weight excluding hydrogens is 196 g/mol. The SMILES string of the molecule is CCNc1cc(NC(CO)CO)ncn1. The molecule has 0 saturated carbocycles. The van der Waals surface area contributed by atoms with Crippen molar-refractivity contribution in [3.8, 4) is 0 Å². The van der Waals surface area contributed by atoms with Gasteiger partial charge in [-0.05, 0) is 6.92 Å². The summed E-state index contributed by atoms with van der Waals surface area (Å²) in [5, 5.41) is 23.7. The van der Waals surface area contributed by atoms with Crippen molar-refractivity contribution in [3.63, 3.8) is 0 Å². The van der Waals surface area contributed by atoms with Crippen molar-refractivity contribution in [2.24, 2.45) is 0 Å². The highest BCUT2D eigenvalue weighted by atomic mass is 16.3. The minimum absolute atomic E-state index is 0.142. The predicted molar refractivity (Wildman–Crippen MR) is 57.8 cm³/mol. The van der Waals surface area contributed by atoms with E-state index >= 15 is 0 Å². The second kappa shape index (κ2) is 6.15. The molecule has 1 aromatic rings. The second-order valence-electron chi connectivity index (χ2n) is 3.03. The van der Waals surface area contributed by atoms with Crippen molar-refractivity contribution in [3.05, 3.63) is 12.4 Å². The molecule has 6 nitrogen and oxygen atoms in total. The number of hydrogen-bond donors (Lipinski definition) is 4. The van der Waals surface area contributed by atoms with Crippen molar-refractivity contribution in [2.45, 2.75) is 13.0 Å². The van der Waals surface area contributed by atoms with E-state index in [4.69, 9.17) is 10.2 Å². The number of aliphatic hydroxyl groups excluding tert-OH is 2. The quantitative estimate of drug-likeness (QED) is 0.516. The Morgan fingerprint density at radius 1 is 1.27 bits per heavy atom. The third-order valence-electron chi connectivity index (χ3n) is 1.82. The lowest BCUT2D eigenvalue weighted by atomic mass is 10.3. The summed E-state index contributed by atoms with van der Waals surface area (Å²) in [4.78, 5) is 7.97. The fourth-order valence-electron chi connectivity index (χ4n) is 1.07. The zero-order chi connectivity index (χ0) is 11.1. The van der Waals surface area contributed by atoms with Gasteiger partial charge in [0.25, 0.3) is 0 Å². The molecule has 0 aliphatic rings. The molecule has 0 atom stereocenters. The van der Waals surface area contributed by atoms with Gasteiger partial charge < -0.3 is 20.8 Å². The van der Waals surface area contributed by atoms with E-state index in [0.29, 0.717) is 11.6 Å². The van der Waals surface area contributed by atoms with Gasteiger partial charge in [0, 0.05) is 12.6 Å². The van der Waals surface area contributed by atoms with Gasteiger partial charge in [-0.1, -0.05) is 0 Å². The fourth-order valence-corrected chi connectivity index (χ4v) is 1.07. The molecule has 0 unspecified atom stereocenters. The second-order valence-corrected chi connectivity index (χ2v) is 3.03. The third kappa shape index (κ3) is 3.69. The Balaban J connectivity index is 2.64. The largest absolute Gasteiger partial charge is 0.394 e. The zero-order valence-electron chi connectivity index (χ0n) is 8.64. The van der Waals surface area contributed by atoms with Crippen LogP contribution in [-0.4, -0.2) is 46.0 Å². The van der Waals surface area contributed by atoms with Crippen molar-refractivity contribution in [2.75, 3.05) is 30.4 Å². The van der Waals surface area contributed by atoms with E-state index in [1.807, 2.05) is 6.92 Å². The number of aromatic nitrogens is 2. The van der Waals surface area contributed by atoms with Gasteiger partial charge in [0.2, 0.25) is 0 Å². The lowest BCUT2D eigenvalue weighted by molar-refractivity contribution is 0.203. The number of hydrogen-bond acceptors (Lipinski definition) is 6. The van der Waals surface area contributed by atoms with E-state index in [2.05, 4.69) is 20.6 Å². The zero-order valence-corrected chi connectivity index (χ0v) is 8.64. The maximum Gasteiger partial charge on any atom is 0.131 e. The highest BCUT2D eigenvalue weighted by Gasteiger charge is 2.06. The molecule has 0 aromatic carbocycles. The average molecular weight is 212 g/mol. The monoisotopic (exact) mass is 212 g/mol. The summed E-state index contributed by atoms with van der Waals surface area (Å²) < 4.78 is 0. The predicted octanol–water partition coefficient (Wildman–Crippen LogP) is -0.327. The summed E-state index contributed by atoms with van der Waals surface area (Å²) in [5.41, 5.74) is 0. The molecule has 0 fully saturated rings. The molecule has 6 heteroatoms. The Bertz CT molecular complexity index is 291. The number of nitrogens with one attached hydrogen (secondary N) is 2. The van der Waals surface area contributed by atoms with Gasteiger partial charge in [-0.2, -0.15) is 0 Å². The molecule has 0 spiro atoms. The van der Waals surface area contributed by atoms with Crippen LogP contribution in [0.2, 0.25) is 0 Å². The molecule has 0 aliphatic carbocycles. The van der Waals surface area contributed by atoms with Crippen LogP contribution >= 0.6 is 0 Å². The summed E-state index contributed by atoms with van der Waals surface area (Å²) >= 11 is 0. The average Bonchev–Trinajstić information content (AvgIpc) is 2.27. The molecule has 0 bridgehead atoms. The van der Waals surface area contributed by atoms with Crippen LogP contribution in [0.4, 0.5) is 11.6 Å². The molecule has 1 heterocycles. The maximum atomic E-state index is 8.88. The molecule has 0 aliphatic heterocycles. The van der Waals surface area contributed by atoms with E-state index in [1.54, 1.807) is 6.07 Å². The first kappa shape index (κ1) is 11.7. The lowest BCUT2D eigenvalue weighted by Gasteiger charge is -2.14. The maximum absolute atomic E-state index is 8.88. The van der Waals surface area contributed by atoms with Crippen LogP contribution in [-0.2, 0) is 0 Å². The first-order valence-corrected chi connectivity index (χ1v) is 4.84. The van der Waals surface area contributed by atoms with Crippen molar-refractivity contribution >= 4 is 11.6 Å². The number of nitrogens with zero attached hydrogens (tertiary/aromatic N) is 2. The third-order valence-corrected chi connectivity index (χ3v) is 1.82. The standard InChI is InChI=1S/C9H16N4O2/c1-2-10-8-3-9(12-6-11-8)13-7(4-14)5-15/h3,6-7,14-15H,2,4-5H2,1H3,(H2,10,11,12,13). The van der Waals surface area contributed by atoms with Gasteiger partial charge in [-0.25, -0.2) is 9.97 Å². The molecule has 15 heavy (non-hydrogen) atoms. The van der Waals surface area contributed by atoms with Crippen LogP contribution in [0.3, 0.4) is 0 Å². The number of anilines is 2. The van der Waals surface area contributed by atoms with Gasteiger partial charge in [-0.3, -0.25) is 0 Å². The van der Waals surface area contributed by atoms with Gasteiger partial charge in [-0.15, -0.1) is 0 Å². The Labute approximate surface area is 88.4 Å². The van der Waals surface area contributed by atoms with Crippen molar-refractivity contribution in [1.82, 2.24) is 9.97 Å². The molecular formula is C9H16N4O2. The minimum Gasteiger partial charge on any atom is -0.394 e. The molecule has 1 aromatic heterocycles. The van der Waals surface area contributed by atoms with E-state index in [1.165, 1.54) is 6.33 Å². The molecule has 0 amide bonds. The van der Waals surface area contributed by atoms with Crippen LogP contribution in [0.15, 0.2) is 12.4 Å². The Kier molecular flexibility index (Phi) is 4.79. The minimum atomic E-state index is -0.394. The van der Waals surface area contributed by atoms with Crippen LogP contribution in [0.1, 0.15) is 6.92 Å². The first-order chi connectivity index (χ1) is 7.30. The van der Waals surface area contributed by atoms with Gasteiger partial charge in [0.15, 0.2) is 0 Å². The van der Waals surface area contributed by atoms with Gasteiger partial charge >= 0.3 is 0 Å². The summed E-state index contributed by atoms with van der Waals surface area (Å²) in [6, 6.07) is 1.33. The highest BCUT2D eigenvalue weighted by Crippen LogP contribution is 2.09. The number of aliphatic hydroxyl groups is 2. The topological polar surface area (TPSA) is 90.3 Å². The van der Waals surface area contributed by atoms with Crippen LogP contribution in [0.5, 0.6) is 0 Å². The van der Waals surface area contributed by atoms with Gasteiger partial charge in [0.05, 0.1) is 19.3 Å². The lowest BCUT2D eigenvalue weighted by Crippen LogP contribution is -2.28.